The molecule has 0 radical (unpaired) electrons. The largest absolute Gasteiger partial charge is 0.322 e. The van der Waals surface area contributed by atoms with Crippen molar-refractivity contribution in [2.45, 2.75) is 20.8 Å². The molecular formula is C12H18N3S+. The summed E-state index contributed by atoms with van der Waals surface area (Å²) in [5.41, 5.74) is 7.95. The molecule has 0 heterocycles. The maximum Gasteiger partial charge on any atom is 0.292 e. The van der Waals surface area contributed by atoms with Gasteiger partial charge in [0.15, 0.2) is 5.84 Å². The van der Waals surface area contributed by atoms with E-state index in [2.05, 4.69) is 10.3 Å². The van der Waals surface area contributed by atoms with Crippen molar-refractivity contribution in [2.24, 2.45) is 11.7 Å². The zero-order chi connectivity index (χ0) is 12.1. The number of nitrogens with two attached hydrogens (primary N) is 1. The Morgan fingerprint density at radius 2 is 1.88 bits per heavy atom. The Labute approximate surface area is 102 Å². The van der Waals surface area contributed by atoms with Gasteiger partial charge in [0.1, 0.15) is 0 Å². The van der Waals surface area contributed by atoms with Crippen LogP contribution >= 0.6 is 12.2 Å². The van der Waals surface area contributed by atoms with Crippen molar-refractivity contribution >= 4 is 28.9 Å². The molecule has 0 aliphatic rings. The highest BCUT2D eigenvalue weighted by molar-refractivity contribution is 7.80. The number of amidine groups is 1. The summed E-state index contributed by atoms with van der Waals surface area (Å²) in [5, 5.41) is 3.60. The third-order valence-corrected chi connectivity index (χ3v) is 2.39. The molecule has 4 N–H and O–H groups in total. The summed E-state index contributed by atoms with van der Waals surface area (Å²) in [4.78, 5) is 2.96. The molecule has 0 saturated heterocycles. The first kappa shape index (κ1) is 12.6. The molecule has 0 aliphatic heterocycles. The number of thiocarbonyl (C=S) groups is 1. The Morgan fingerprint density at radius 3 is 2.38 bits per heavy atom. The van der Waals surface area contributed by atoms with Crippen molar-refractivity contribution in [3.63, 3.8) is 0 Å². The Morgan fingerprint density at radius 1 is 1.31 bits per heavy atom. The summed E-state index contributed by atoms with van der Waals surface area (Å²) in [6.07, 6.45) is 0. The standard InChI is InChI=1S/C12H17N3S/c1-8(2)11(13)15-12(16)14-10-6-4-9(3)5-7-10/h4-8H,1-3H3,(H3,13,14,15,16)/p+1. The van der Waals surface area contributed by atoms with Crippen LogP contribution in [0.3, 0.4) is 0 Å². The van der Waals surface area contributed by atoms with Crippen molar-refractivity contribution in [3.05, 3.63) is 29.8 Å². The van der Waals surface area contributed by atoms with Crippen LogP contribution in [0.25, 0.3) is 0 Å². The Hall–Kier alpha value is -1.42. The average molecular weight is 236 g/mol. The second-order valence-electron chi connectivity index (χ2n) is 4.06. The summed E-state index contributed by atoms with van der Waals surface area (Å²) >= 11 is 5.14. The van der Waals surface area contributed by atoms with E-state index in [1.54, 1.807) is 0 Å². The van der Waals surface area contributed by atoms with Crippen LogP contribution in [-0.4, -0.2) is 10.9 Å². The van der Waals surface area contributed by atoms with Crippen LogP contribution in [-0.2, 0) is 0 Å². The number of anilines is 1. The molecule has 4 heteroatoms. The van der Waals surface area contributed by atoms with Gasteiger partial charge >= 0.3 is 0 Å². The molecule has 0 aromatic heterocycles. The number of hydrogen-bond donors (Lipinski definition) is 3. The lowest BCUT2D eigenvalue weighted by Crippen LogP contribution is -2.81. The quantitative estimate of drug-likeness (QED) is 0.404. The molecule has 1 rings (SSSR count). The molecule has 1 aromatic carbocycles. The topological polar surface area (TPSA) is 52.0 Å². The first-order chi connectivity index (χ1) is 7.49. The highest BCUT2D eigenvalue weighted by Gasteiger charge is 2.06. The number of nitrogens with one attached hydrogen (secondary N) is 2. The van der Waals surface area contributed by atoms with E-state index < -0.39 is 0 Å². The Bertz CT molecular complexity index is 393. The first-order valence-electron chi connectivity index (χ1n) is 5.26. The molecule has 0 spiro atoms. The SMILES string of the molecule is Cc1ccc(NC(=S)[NH+]=C(N)C(C)C)cc1. The van der Waals surface area contributed by atoms with Gasteiger partial charge in [-0.25, -0.2) is 4.99 Å². The molecule has 0 unspecified atom stereocenters. The van der Waals surface area contributed by atoms with Crippen LogP contribution < -0.4 is 16.0 Å². The summed E-state index contributed by atoms with van der Waals surface area (Å²) < 4.78 is 0. The normalized spacial score (nSPS) is 11.6. The van der Waals surface area contributed by atoms with Gasteiger partial charge in [0.25, 0.3) is 5.11 Å². The van der Waals surface area contributed by atoms with Gasteiger partial charge in [0.2, 0.25) is 0 Å². The Kier molecular flexibility index (Phi) is 4.43. The van der Waals surface area contributed by atoms with Gasteiger partial charge in [-0.05, 0) is 31.3 Å². The minimum Gasteiger partial charge on any atom is -0.322 e. The van der Waals surface area contributed by atoms with Crippen molar-refractivity contribution in [3.8, 4) is 0 Å². The lowest BCUT2D eigenvalue weighted by atomic mass is 10.2. The maximum absolute atomic E-state index is 5.77. The minimum absolute atomic E-state index is 0.262. The average Bonchev–Trinajstić information content (AvgIpc) is 2.21. The summed E-state index contributed by atoms with van der Waals surface area (Å²) in [6.45, 7) is 6.07. The predicted octanol–water partition coefficient (Wildman–Crippen LogP) is 0.786. The van der Waals surface area contributed by atoms with Crippen LogP contribution in [0.2, 0.25) is 0 Å². The van der Waals surface area contributed by atoms with E-state index in [0.29, 0.717) is 10.9 Å². The molecule has 1 aromatic rings. The van der Waals surface area contributed by atoms with Crippen molar-refractivity contribution in [1.82, 2.24) is 0 Å². The molecule has 0 atom stereocenters. The van der Waals surface area contributed by atoms with E-state index in [0.717, 1.165) is 5.69 Å². The van der Waals surface area contributed by atoms with E-state index in [1.165, 1.54) is 5.56 Å². The molecule has 0 bridgehead atoms. The maximum atomic E-state index is 5.77. The second kappa shape index (κ2) is 5.61. The van der Waals surface area contributed by atoms with E-state index in [1.807, 2.05) is 45.0 Å². The van der Waals surface area contributed by atoms with Crippen LogP contribution in [0.5, 0.6) is 0 Å². The Balaban J connectivity index is 2.65. The number of hydrogen-bond acceptors (Lipinski definition) is 1. The molecule has 0 saturated carbocycles. The van der Waals surface area contributed by atoms with Gasteiger partial charge in [0.05, 0.1) is 5.69 Å². The molecule has 86 valence electrons. The third-order valence-electron chi connectivity index (χ3n) is 2.19. The van der Waals surface area contributed by atoms with Gasteiger partial charge in [-0.1, -0.05) is 31.5 Å². The van der Waals surface area contributed by atoms with Gasteiger partial charge in [0, 0.05) is 5.92 Å². The minimum atomic E-state index is 0.262. The van der Waals surface area contributed by atoms with Crippen molar-refractivity contribution < 1.29 is 4.99 Å². The highest BCUT2D eigenvalue weighted by Crippen LogP contribution is 2.07. The van der Waals surface area contributed by atoms with E-state index in [-0.39, 0.29) is 5.92 Å². The lowest BCUT2D eigenvalue weighted by molar-refractivity contribution is -0.315. The van der Waals surface area contributed by atoms with E-state index >= 15 is 0 Å². The molecule has 0 amide bonds. The number of rotatable bonds is 2. The first-order valence-corrected chi connectivity index (χ1v) is 5.67. The monoisotopic (exact) mass is 236 g/mol. The van der Waals surface area contributed by atoms with Crippen LogP contribution in [0, 0.1) is 12.8 Å². The zero-order valence-corrected chi connectivity index (χ0v) is 10.7. The van der Waals surface area contributed by atoms with Gasteiger partial charge < -0.3 is 5.73 Å². The third kappa shape index (κ3) is 3.98. The smallest absolute Gasteiger partial charge is 0.292 e. The number of aryl methyl sites for hydroxylation is 1. The molecule has 16 heavy (non-hydrogen) atoms. The molecular weight excluding hydrogens is 218 g/mol. The molecule has 3 nitrogen and oxygen atoms in total. The zero-order valence-electron chi connectivity index (χ0n) is 9.87. The van der Waals surface area contributed by atoms with Gasteiger partial charge in [-0.3, -0.25) is 5.32 Å². The fourth-order valence-corrected chi connectivity index (χ4v) is 1.31. The fraction of sp³-hybridized carbons (Fsp3) is 0.333. The molecule has 0 fully saturated rings. The summed E-state index contributed by atoms with van der Waals surface area (Å²) in [5.74, 6) is 0.933. The van der Waals surface area contributed by atoms with Crippen LogP contribution in [0.15, 0.2) is 24.3 Å². The van der Waals surface area contributed by atoms with E-state index in [4.69, 9.17) is 18.0 Å². The van der Waals surface area contributed by atoms with E-state index in [9.17, 15) is 0 Å². The number of benzene rings is 1. The van der Waals surface area contributed by atoms with Crippen molar-refractivity contribution in [1.29, 1.82) is 0 Å². The molecule has 0 aliphatic carbocycles. The fourth-order valence-electron chi connectivity index (χ4n) is 1.07. The van der Waals surface area contributed by atoms with Crippen LogP contribution in [0.4, 0.5) is 5.69 Å². The van der Waals surface area contributed by atoms with Crippen molar-refractivity contribution in [2.75, 3.05) is 5.32 Å². The van der Waals surface area contributed by atoms with Crippen LogP contribution in [0.1, 0.15) is 19.4 Å². The second-order valence-corrected chi connectivity index (χ2v) is 4.46. The van der Waals surface area contributed by atoms with Gasteiger partial charge in [-0.2, -0.15) is 0 Å². The lowest BCUT2D eigenvalue weighted by Gasteiger charge is -2.02. The van der Waals surface area contributed by atoms with Gasteiger partial charge in [-0.15, -0.1) is 0 Å². The summed E-state index contributed by atoms with van der Waals surface area (Å²) in [7, 11) is 0. The summed E-state index contributed by atoms with van der Waals surface area (Å²) in [6, 6.07) is 8.02. The predicted molar refractivity (Wildman–Crippen MR) is 72.4 cm³/mol. The highest BCUT2D eigenvalue weighted by atomic mass is 32.1.